The second-order valence-corrected chi connectivity index (χ2v) is 6.52. The lowest BCUT2D eigenvalue weighted by Gasteiger charge is -2.36. The normalized spacial score (nSPS) is 35.6. The SMILES string of the molecule is C=CCO[C@H]1OC[C@H](N=[N+]=[N-])[C@H](O)[C@@H]1C.C=CCO[C@H]1OC[C@H](N=[N+]=[N-])[C@H](O)[C@@H]1O. The van der Waals surface area contributed by atoms with Crippen molar-refractivity contribution in [2.45, 2.75) is 49.9 Å². The zero-order valence-electron chi connectivity index (χ0n) is 16.7. The van der Waals surface area contributed by atoms with Gasteiger partial charge in [-0.05, 0) is 11.1 Å². The van der Waals surface area contributed by atoms with Gasteiger partial charge >= 0.3 is 0 Å². The molecule has 30 heavy (non-hydrogen) atoms. The fraction of sp³-hybridized carbons (Fsp3) is 0.765. The summed E-state index contributed by atoms with van der Waals surface area (Å²) < 4.78 is 20.8. The maximum absolute atomic E-state index is 9.79. The van der Waals surface area contributed by atoms with Crippen LogP contribution in [0.15, 0.2) is 35.5 Å². The Kier molecular flexibility index (Phi) is 12.0. The highest BCUT2D eigenvalue weighted by Gasteiger charge is 2.38. The van der Waals surface area contributed by atoms with Crippen molar-refractivity contribution in [3.63, 3.8) is 0 Å². The van der Waals surface area contributed by atoms with Crippen LogP contribution in [-0.2, 0) is 18.9 Å². The highest BCUT2D eigenvalue weighted by atomic mass is 16.7. The molecular weight excluding hydrogens is 400 g/mol. The summed E-state index contributed by atoms with van der Waals surface area (Å²) >= 11 is 0. The first-order valence-electron chi connectivity index (χ1n) is 9.22. The molecule has 0 aliphatic carbocycles. The summed E-state index contributed by atoms with van der Waals surface area (Å²) in [5, 5.41) is 35.6. The van der Waals surface area contributed by atoms with Crippen molar-refractivity contribution in [3.05, 3.63) is 46.2 Å². The van der Waals surface area contributed by atoms with E-state index >= 15 is 0 Å². The van der Waals surface area contributed by atoms with Gasteiger partial charge in [0.2, 0.25) is 0 Å². The number of hydrogen-bond donors (Lipinski definition) is 3. The largest absolute Gasteiger partial charge is 0.392 e. The number of nitrogens with zero attached hydrogens (tertiary/aromatic N) is 6. The molecule has 13 heteroatoms. The van der Waals surface area contributed by atoms with Crippen molar-refractivity contribution < 1.29 is 34.3 Å². The Balaban J connectivity index is 0.000000300. The maximum Gasteiger partial charge on any atom is 0.186 e. The average molecular weight is 428 g/mol. The number of aliphatic hydroxyl groups excluding tert-OH is 3. The van der Waals surface area contributed by atoms with Gasteiger partial charge in [-0.1, -0.05) is 29.3 Å². The number of hydrogen-bond acceptors (Lipinski definition) is 9. The van der Waals surface area contributed by atoms with E-state index in [-0.39, 0.29) is 25.7 Å². The Morgan fingerprint density at radius 2 is 1.37 bits per heavy atom. The van der Waals surface area contributed by atoms with Crippen molar-refractivity contribution >= 4 is 0 Å². The van der Waals surface area contributed by atoms with E-state index in [4.69, 9.17) is 30.0 Å². The quantitative estimate of drug-likeness (QED) is 0.223. The molecule has 0 radical (unpaired) electrons. The molecule has 0 aromatic carbocycles. The third-order valence-corrected chi connectivity index (χ3v) is 4.40. The van der Waals surface area contributed by atoms with Crippen molar-refractivity contribution in [2.75, 3.05) is 26.4 Å². The van der Waals surface area contributed by atoms with Gasteiger partial charge in [0.25, 0.3) is 0 Å². The topological polar surface area (TPSA) is 195 Å². The van der Waals surface area contributed by atoms with Crippen LogP contribution in [0.4, 0.5) is 0 Å². The van der Waals surface area contributed by atoms with E-state index in [0.717, 1.165) is 0 Å². The van der Waals surface area contributed by atoms with E-state index in [2.05, 4.69) is 33.2 Å². The lowest BCUT2D eigenvalue weighted by Crippen LogP contribution is -2.53. The molecule has 8 atom stereocenters. The predicted molar refractivity (Wildman–Crippen MR) is 105 cm³/mol. The average Bonchev–Trinajstić information content (AvgIpc) is 2.74. The van der Waals surface area contributed by atoms with Crippen LogP contribution >= 0.6 is 0 Å². The minimum Gasteiger partial charge on any atom is -0.392 e. The molecule has 0 aromatic rings. The van der Waals surface area contributed by atoms with Crippen LogP contribution in [0.1, 0.15) is 6.92 Å². The molecule has 13 nitrogen and oxygen atoms in total. The number of rotatable bonds is 8. The van der Waals surface area contributed by atoms with E-state index in [1.807, 2.05) is 0 Å². The molecule has 0 unspecified atom stereocenters. The van der Waals surface area contributed by atoms with Gasteiger partial charge in [-0.3, -0.25) is 0 Å². The van der Waals surface area contributed by atoms with E-state index < -0.39 is 43.0 Å². The van der Waals surface area contributed by atoms with Gasteiger partial charge in [-0.15, -0.1) is 13.2 Å². The van der Waals surface area contributed by atoms with Gasteiger partial charge in [-0.25, -0.2) is 0 Å². The predicted octanol–water partition coefficient (Wildman–Crippen LogP) is 1.17. The van der Waals surface area contributed by atoms with Crippen LogP contribution in [0.3, 0.4) is 0 Å². The second-order valence-electron chi connectivity index (χ2n) is 6.52. The van der Waals surface area contributed by atoms with E-state index in [1.54, 1.807) is 13.0 Å². The van der Waals surface area contributed by atoms with Crippen LogP contribution in [-0.4, -0.2) is 84.7 Å². The molecule has 2 heterocycles. The van der Waals surface area contributed by atoms with Crippen LogP contribution in [0.2, 0.25) is 0 Å². The van der Waals surface area contributed by atoms with Crippen molar-refractivity contribution in [3.8, 4) is 0 Å². The summed E-state index contributed by atoms with van der Waals surface area (Å²) in [6, 6.07) is -1.32. The Bertz CT molecular complexity index is 586. The third kappa shape index (κ3) is 7.58. The minimum atomic E-state index is -1.23. The lowest BCUT2D eigenvalue weighted by molar-refractivity contribution is -0.243. The van der Waals surface area contributed by atoms with Crippen LogP contribution in [0, 0.1) is 5.92 Å². The molecular formula is C17H28N6O7. The van der Waals surface area contributed by atoms with Gasteiger partial charge in [0.15, 0.2) is 12.6 Å². The highest BCUT2D eigenvalue weighted by Crippen LogP contribution is 2.24. The number of ether oxygens (including phenoxy) is 4. The Hall–Kier alpha value is -2.18. The van der Waals surface area contributed by atoms with Crippen molar-refractivity contribution in [1.82, 2.24) is 0 Å². The Morgan fingerprint density at radius 1 is 0.900 bits per heavy atom. The fourth-order valence-electron chi connectivity index (χ4n) is 2.74. The molecule has 2 saturated heterocycles. The van der Waals surface area contributed by atoms with E-state index in [1.165, 1.54) is 6.08 Å². The summed E-state index contributed by atoms with van der Waals surface area (Å²) in [7, 11) is 0. The molecule has 2 fully saturated rings. The fourth-order valence-corrected chi connectivity index (χ4v) is 2.74. The van der Waals surface area contributed by atoms with Gasteiger partial charge in [0, 0.05) is 15.7 Å². The third-order valence-electron chi connectivity index (χ3n) is 4.40. The molecule has 2 aliphatic heterocycles. The summed E-state index contributed by atoms with van der Waals surface area (Å²) in [6.07, 6.45) is -1.40. The maximum atomic E-state index is 9.79. The smallest absolute Gasteiger partial charge is 0.186 e. The molecule has 0 amide bonds. The summed E-state index contributed by atoms with van der Waals surface area (Å²) in [4.78, 5) is 5.21. The van der Waals surface area contributed by atoms with E-state index in [9.17, 15) is 15.3 Å². The zero-order valence-corrected chi connectivity index (χ0v) is 16.7. The number of aliphatic hydroxyl groups is 3. The first-order chi connectivity index (χ1) is 14.4. The minimum absolute atomic E-state index is 0.0180. The van der Waals surface area contributed by atoms with Crippen LogP contribution < -0.4 is 0 Å². The summed E-state index contributed by atoms with van der Waals surface area (Å²) in [5.41, 5.74) is 16.5. The Morgan fingerprint density at radius 3 is 1.87 bits per heavy atom. The van der Waals surface area contributed by atoms with Gasteiger partial charge < -0.3 is 34.3 Å². The highest BCUT2D eigenvalue weighted by molar-refractivity contribution is 4.88. The second kappa shape index (κ2) is 13.9. The Labute approximate surface area is 173 Å². The first kappa shape index (κ1) is 25.9. The molecule has 0 saturated carbocycles. The molecule has 3 N–H and O–H groups in total. The molecule has 0 aromatic heterocycles. The lowest BCUT2D eigenvalue weighted by atomic mass is 9.95. The number of azide groups is 2. The molecule has 2 rings (SSSR count). The molecule has 2 aliphatic rings. The van der Waals surface area contributed by atoms with E-state index in [0.29, 0.717) is 6.61 Å². The van der Waals surface area contributed by atoms with Crippen molar-refractivity contribution in [2.24, 2.45) is 16.1 Å². The van der Waals surface area contributed by atoms with Gasteiger partial charge in [-0.2, -0.15) is 0 Å². The zero-order chi connectivity index (χ0) is 22.5. The van der Waals surface area contributed by atoms with Crippen LogP contribution in [0.5, 0.6) is 0 Å². The van der Waals surface area contributed by atoms with Crippen LogP contribution in [0.25, 0.3) is 20.9 Å². The molecule has 168 valence electrons. The summed E-state index contributed by atoms with van der Waals surface area (Å²) in [6.45, 7) is 9.53. The molecule has 0 spiro atoms. The molecule has 0 bridgehead atoms. The standard InChI is InChI=1S/C9H15N3O3.C8H13N3O4/c1-3-4-14-9-6(2)8(13)7(5-15-9)11-12-10;1-2-3-14-8-7(13)6(12)5(4-15-8)10-11-9/h3,6-9,13H,1,4-5H2,2H3;2,5-8,12-13H,1,3-4H2/t6-,7-,8+,9-;5-,6-,7-,8-/m00/s1. The van der Waals surface area contributed by atoms with Crippen molar-refractivity contribution in [1.29, 1.82) is 0 Å². The van der Waals surface area contributed by atoms with Gasteiger partial charge in [0.05, 0.1) is 50.7 Å². The monoisotopic (exact) mass is 428 g/mol. The van der Waals surface area contributed by atoms with Gasteiger partial charge in [0.1, 0.15) is 6.10 Å². The first-order valence-corrected chi connectivity index (χ1v) is 9.22. The summed E-state index contributed by atoms with van der Waals surface area (Å²) in [5.74, 6) is -0.228.